The molecule has 10 heteroatoms. The smallest absolute Gasteiger partial charge is 0.358 e. The lowest BCUT2D eigenvalue weighted by Crippen LogP contribution is -2.20. The van der Waals surface area contributed by atoms with E-state index in [1.165, 1.54) is 11.3 Å². The van der Waals surface area contributed by atoms with Crippen LogP contribution in [0.2, 0.25) is 15.1 Å². The second-order valence-electron chi connectivity index (χ2n) is 4.51. The highest BCUT2D eigenvalue weighted by Crippen LogP contribution is 2.31. The maximum Gasteiger partial charge on any atom is 0.358 e. The molecule has 2 aromatic rings. The van der Waals surface area contributed by atoms with Crippen molar-refractivity contribution in [1.82, 2.24) is 9.97 Å². The van der Waals surface area contributed by atoms with E-state index in [1.54, 1.807) is 12.3 Å². The Morgan fingerprint density at radius 3 is 2.67 bits per heavy atom. The molecule has 24 heavy (non-hydrogen) atoms. The summed E-state index contributed by atoms with van der Waals surface area (Å²) >= 11 is 18.6. The summed E-state index contributed by atoms with van der Waals surface area (Å²) in [6.07, 6.45) is 1.14. The third-order valence-corrected chi connectivity index (χ3v) is 5.06. The van der Waals surface area contributed by atoms with E-state index in [2.05, 4.69) is 9.97 Å². The van der Waals surface area contributed by atoms with E-state index in [1.807, 2.05) is 6.07 Å². The van der Waals surface area contributed by atoms with Gasteiger partial charge in [0.05, 0.1) is 21.1 Å². The van der Waals surface area contributed by atoms with Crippen molar-refractivity contribution in [1.29, 1.82) is 5.26 Å². The lowest BCUT2D eigenvalue weighted by molar-refractivity contribution is -0.122. The fourth-order valence-corrected chi connectivity index (χ4v) is 3.06. The molecule has 0 bridgehead atoms. The number of halogens is 3. The standard InChI is InChI=1S/C14H8Cl3N3O3S/c1-6-5-24-13(20-6)7(2-18)9(21)4-23-14(22)12-11(17)10(16)8(15)3-19-12/h3,5,7H,4H2,1H3. The number of hydrogen-bond donors (Lipinski definition) is 0. The first kappa shape index (κ1) is 18.6. The lowest BCUT2D eigenvalue weighted by Gasteiger charge is -2.08. The largest absolute Gasteiger partial charge is 0.453 e. The van der Waals surface area contributed by atoms with Gasteiger partial charge < -0.3 is 4.74 Å². The van der Waals surface area contributed by atoms with Crippen molar-refractivity contribution < 1.29 is 14.3 Å². The Morgan fingerprint density at radius 1 is 1.38 bits per heavy atom. The monoisotopic (exact) mass is 403 g/mol. The number of nitriles is 1. The maximum absolute atomic E-state index is 12.1. The summed E-state index contributed by atoms with van der Waals surface area (Å²) in [7, 11) is 0. The van der Waals surface area contributed by atoms with Gasteiger partial charge in [0.1, 0.15) is 5.01 Å². The van der Waals surface area contributed by atoms with Gasteiger partial charge in [-0.15, -0.1) is 11.3 Å². The number of esters is 1. The topological polar surface area (TPSA) is 92.9 Å². The highest BCUT2D eigenvalue weighted by molar-refractivity contribution is 7.09. The van der Waals surface area contributed by atoms with Gasteiger partial charge in [0.15, 0.2) is 24.0 Å². The normalized spacial score (nSPS) is 11.6. The van der Waals surface area contributed by atoms with Gasteiger partial charge in [0, 0.05) is 17.3 Å². The van der Waals surface area contributed by atoms with Crippen LogP contribution < -0.4 is 0 Å². The molecule has 0 aliphatic rings. The van der Waals surface area contributed by atoms with E-state index in [-0.39, 0.29) is 20.8 Å². The summed E-state index contributed by atoms with van der Waals surface area (Å²) < 4.78 is 4.87. The zero-order valence-corrected chi connectivity index (χ0v) is 15.1. The molecule has 0 saturated heterocycles. The molecular formula is C14H8Cl3N3O3S. The minimum absolute atomic E-state index is 0.0419. The van der Waals surface area contributed by atoms with Crippen LogP contribution in [0.1, 0.15) is 27.1 Å². The van der Waals surface area contributed by atoms with E-state index < -0.39 is 24.3 Å². The zero-order chi connectivity index (χ0) is 17.9. The van der Waals surface area contributed by atoms with Gasteiger partial charge in [-0.1, -0.05) is 34.8 Å². The van der Waals surface area contributed by atoms with Gasteiger partial charge in [-0.05, 0) is 6.92 Å². The molecular weight excluding hydrogens is 397 g/mol. The lowest BCUT2D eigenvalue weighted by atomic mass is 10.1. The first-order chi connectivity index (χ1) is 11.3. The van der Waals surface area contributed by atoms with Crippen LogP contribution in [0, 0.1) is 18.3 Å². The second-order valence-corrected chi connectivity index (χ2v) is 6.57. The zero-order valence-electron chi connectivity index (χ0n) is 12.0. The summed E-state index contributed by atoms with van der Waals surface area (Å²) in [4.78, 5) is 31.9. The number of aryl methyl sites for hydroxylation is 1. The molecule has 0 N–H and O–H groups in total. The van der Waals surface area contributed by atoms with Gasteiger partial charge in [0.2, 0.25) is 0 Å². The molecule has 2 heterocycles. The minimum Gasteiger partial charge on any atom is -0.453 e. The van der Waals surface area contributed by atoms with Gasteiger partial charge >= 0.3 is 5.97 Å². The number of ketones is 1. The first-order valence-electron chi connectivity index (χ1n) is 6.36. The molecule has 1 atom stereocenters. The predicted molar refractivity (Wildman–Crippen MR) is 89.8 cm³/mol. The van der Waals surface area contributed by atoms with Crippen molar-refractivity contribution in [2.45, 2.75) is 12.8 Å². The maximum atomic E-state index is 12.1. The van der Waals surface area contributed by atoms with Crippen molar-refractivity contribution >= 4 is 57.9 Å². The molecule has 1 unspecified atom stereocenters. The molecule has 6 nitrogen and oxygen atoms in total. The number of ether oxygens (including phenoxy) is 1. The fourth-order valence-electron chi connectivity index (χ4n) is 1.64. The molecule has 2 aromatic heterocycles. The summed E-state index contributed by atoms with van der Waals surface area (Å²) in [6, 6.07) is 1.85. The Kier molecular flexibility index (Phi) is 6.13. The molecule has 0 radical (unpaired) electrons. The number of hydrogen-bond acceptors (Lipinski definition) is 7. The molecule has 0 aromatic carbocycles. The van der Waals surface area contributed by atoms with Gasteiger partial charge in [-0.2, -0.15) is 5.26 Å². The Labute approximate surface area is 155 Å². The highest BCUT2D eigenvalue weighted by Gasteiger charge is 2.26. The molecule has 0 aliphatic carbocycles. The molecule has 0 spiro atoms. The third kappa shape index (κ3) is 4.02. The van der Waals surface area contributed by atoms with E-state index in [0.29, 0.717) is 10.7 Å². The molecule has 2 rings (SSSR count). The Bertz CT molecular complexity index is 848. The second kappa shape index (κ2) is 7.90. The number of Topliss-reactive ketones (excluding diaryl/α,β-unsaturated/α-hetero) is 1. The predicted octanol–water partition coefficient (Wildman–Crippen LogP) is 3.84. The number of rotatable bonds is 5. The van der Waals surface area contributed by atoms with Crippen LogP contribution in [0.15, 0.2) is 11.6 Å². The van der Waals surface area contributed by atoms with Crippen LogP contribution in [-0.2, 0) is 9.53 Å². The van der Waals surface area contributed by atoms with Crippen molar-refractivity contribution in [2.24, 2.45) is 0 Å². The first-order valence-corrected chi connectivity index (χ1v) is 8.37. The Morgan fingerprint density at radius 2 is 2.08 bits per heavy atom. The van der Waals surface area contributed by atoms with Crippen LogP contribution in [0.3, 0.4) is 0 Å². The summed E-state index contributed by atoms with van der Waals surface area (Å²) in [5, 5.41) is 11.1. The fraction of sp³-hybridized carbons (Fsp3) is 0.214. The quantitative estimate of drug-likeness (QED) is 0.703. The Hall–Kier alpha value is -1.72. The summed E-state index contributed by atoms with van der Waals surface area (Å²) in [5.41, 5.74) is 0.435. The molecule has 0 saturated carbocycles. The van der Waals surface area contributed by atoms with Crippen molar-refractivity contribution in [2.75, 3.05) is 6.61 Å². The van der Waals surface area contributed by atoms with Crippen LogP contribution in [-0.4, -0.2) is 28.3 Å². The van der Waals surface area contributed by atoms with Crippen LogP contribution >= 0.6 is 46.1 Å². The minimum atomic E-state index is -1.10. The van der Waals surface area contributed by atoms with Gasteiger partial charge in [-0.25, -0.2) is 14.8 Å². The average Bonchev–Trinajstić information content (AvgIpc) is 2.97. The average molecular weight is 405 g/mol. The van der Waals surface area contributed by atoms with Crippen molar-refractivity contribution in [3.8, 4) is 6.07 Å². The number of carbonyl (C=O) groups is 2. The van der Waals surface area contributed by atoms with Crippen molar-refractivity contribution in [3.63, 3.8) is 0 Å². The number of thiazole rings is 1. The van der Waals surface area contributed by atoms with E-state index >= 15 is 0 Å². The van der Waals surface area contributed by atoms with Crippen LogP contribution in [0.5, 0.6) is 0 Å². The number of aromatic nitrogens is 2. The van der Waals surface area contributed by atoms with E-state index in [4.69, 9.17) is 44.8 Å². The number of pyridine rings is 1. The van der Waals surface area contributed by atoms with Gasteiger partial charge in [0.25, 0.3) is 0 Å². The summed E-state index contributed by atoms with van der Waals surface area (Å²) in [6.45, 7) is 1.13. The Balaban J connectivity index is 2.07. The van der Waals surface area contributed by atoms with Crippen LogP contribution in [0.4, 0.5) is 0 Å². The van der Waals surface area contributed by atoms with Crippen LogP contribution in [0.25, 0.3) is 0 Å². The third-order valence-electron chi connectivity index (χ3n) is 2.79. The number of carbonyl (C=O) groups excluding carboxylic acids is 2. The van der Waals surface area contributed by atoms with Gasteiger partial charge in [-0.3, -0.25) is 4.79 Å². The molecule has 124 valence electrons. The highest BCUT2D eigenvalue weighted by atomic mass is 35.5. The molecule has 0 fully saturated rings. The SMILES string of the molecule is Cc1csc(C(C#N)C(=O)COC(=O)c2ncc(Cl)c(Cl)c2Cl)n1. The molecule has 0 aliphatic heterocycles. The van der Waals surface area contributed by atoms with Crippen molar-refractivity contribution in [3.05, 3.63) is 43.0 Å². The van der Waals surface area contributed by atoms with E-state index in [9.17, 15) is 9.59 Å². The summed E-state index contributed by atoms with van der Waals surface area (Å²) in [5.74, 6) is -2.65. The van der Waals surface area contributed by atoms with E-state index in [0.717, 1.165) is 6.20 Å². The molecule has 0 amide bonds. The number of nitrogens with zero attached hydrogens (tertiary/aromatic N) is 3.